The van der Waals surface area contributed by atoms with Crippen LogP contribution in [0.4, 0.5) is 0 Å². The first-order valence-corrected chi connectivity index (χ1v) is 6.21. The highest BCUT2D eigenvalue weighted by Gasteiger charge is 2.45. The fourth-order valence-corrected chi connectivity index (χ4v) is 2.43. The van der Waals surface area contributed by atoms with Crippen molar-refractivity contribution >= 4 is 11.7 Å². The molecule has 0 atom stereocenters. The Bertz CT molecular complexity index is 451. The standard InChI is InChI=1S/C11H17N5O3/c12-9(16-18)11(4-1-2-5-11)10(17)13-6-3-8-14-7-15-19-8/h7,18H,1-6H2,(H2,12,16)(H,13,17). The summed E-state index contributed by atoms with van der Waals surface area (Å²) in [4.78, 5) is 16.1. The molecule has 2 rings (SSSR count). The number of carbonyl (C=O) groups excluding carboxylic acids is 1. The minimum absolute atomic E-state index is 0.0136. The Morgan fingerprint density at radius 1 is 1.58 bits per heavy atom. The van der Waals surface area contributed by atoms with Gasteiger partial charge in [-0.05, 0) is 12.8 Å². The van der Waals surface area contributed by atoms with Crippen LogP contribution in [0.15, 0.2) is 16.0 Å². The summed E-state index contributed by atoms with van der Waals surface area (Å²) in [5.74, 6) is 0.240. The number of nitrogens with two attached hydrogens (primary N) is 1. The van der Waals surface area contributed by atoms with Gasteiger partial charge in [0.2, 0.25) is 11.8 Å². The number of nitrogens with one attached hydrogen (secondary N) is 1. The molecule has 8 heteroatoms. The molecule has 0 unspecified atom stereocenters. The van der Waals surface area contributed by atoms with Crippen molar-refractivity contribution in [3.8, 4) is 0 Å². The van der Waals surface area contributed by atoms with Crippen LogP contribution in [0.5, 0.6) is 0 Å². The van der Waals surface area contributed by atoms with Crippen molar-refractivity contribution in [2.45, 2.75) is 32.1 Å². The minimum atomic E-state index is -0.871. The first-order valence-electron chi connectivity index (χ1n) is 6.21. The summed E-state index contributed by atoms with van der Waals surface area (Å²) < 4.78 is 4.83. The molecular formula is C11H17N5O3. The van der Waals surface area contributed by atoms with Crippen LogP contribution in [0.3, 0.4) is 0 Å². The summed E-state index contributed by atoms with van der Waals surface area (Å²) in [5.41, 5.74) is 4.81. The van der Waals surface area contributed by atoms with E-state index in [1.165, 1.54) is 6.33 Å². The molecule has 4 N–H and O–H groups in total. The fourth-order valence-electron chi connectivity index (χ4n) is 2.43. The Morgan fingerprint density at radius 2 is 2.32 bits per heavy atom. The highest BCUT2D eigenvalue weighted by Crippen LogP contribution is 2.38. The number of aromatic nitrogens is 2. The third-order valence-corrected chi connectivity index (χ3v) is 3.52. The van der Waals surface area contributed by atoms with Gasteiger partial charge >= 0.3 is 0 Å². The molecule has 1 saturated carbocycles. The van der Waals surface area contributed by atoms with E-state index < -0.39 is 5.41 Å². The second kappa shape index (κ2) is 5.68. The van der Waals surface area contributed by atoms with Crippen LogP contribution in [-0.4, -0.2) is 33.6 Å². The van der Waals surface area contributed by atoms with Crippen molar-refractivity contribution < 1.29 is 14.5 Å². The molecule has 8 nitrogen and oxygen atoms in total. The first-order chi connectivity index (χ1) is 9.19. The predicted octanol–water partition coefficient (Wildman–Crippen LogP) is 0.0351. The Labute approximate surface area is 110 Å². The number of nitrogens with zero attached hydrogens (tertiary/aromatic N) is 3. The molecule has 1 aliphatic rings. The van der Waals surface area contributed by atoms with Crippen molar-refractivity contribution in [3.63, 3.8) is 0 Å². The summed E-state index contributed by atoms with van der Waals surface area (Å²) >= 11 is 0. The maximum Gasteiger partial charge on any atom is 0.233 e. The van der Waals surface area contributed by atoms with E-state index in [2.05, 4.69) is 20.6 Å². The fraction of sp³-hybridized carbons (Fsp3) is 0.636. The molecule has 0 spiro atoms. The van der Waals surface area contributed by atoms with Crippen molar-refractivity contribution in [1.82, 2.24) is 15.5 Å². The van der Waals surface area contributed by atoms with Crippen molar-refractivity contribution in [3.05, 3.63) is 12.2 Å². The van der Waals surface area contributed by atoms with E-state index in [-0.39, 0.29) is 11.7 Å². The third kappa shape index (κ3) is 2.67. The Hall–Kier alpha value is -2.12. The van der Waals surface area contributed by atoms with Crippen molar-refractivity contribution in [2.75, 3.05) is 6.54 Å². The maximum absolute atomic E-state index is 12.2. The molecule has 1 heterocycles. The van der Waals surface area contributed by atoms with Gasteiger partial charge in [-0.1, -0.05) is 23.2 Å². The van der Waals surface area contributed by atoms with Crippen LogP contribution in [-0.2, 0) is 11.2 Å². The van der Waals surface area contributed by atoms with E-state index in [9.17, 15) is 4.79 Å². The van der Waals surface area contributed by atoms with E-state index >= 15 is 0 Å². The van der Waals surface area contributed by atoms with Gasteiger partial charge in [-0.3, -0.25) is 4.79 Å². The zero-order valence-corrected chi connectivity index (χ0v) is 10.5. The van der Waals surface area contributed by atoms with Crippen LogP contribution >= 0.6 is 0 Å². The molecule has 0 bridgehead atoms. The Balaban J connectivity index is 1.93. The average Bonchev–Trinajstić information content (AvgIpc) is 3.09. The zero-order valence-electron chi connectivity index (χ0n) is 10.5. The van der Waals surface area contributed by atoms with Crippen LogP contribution in [0.1, 0.15) is 31.6 Å². The van der Waals surface area contributed by atoms with E-state index in [0.29, 0.717) is 31.7 Å². The van der Waals surface area contributed by atoms with E-state index in [0.717, 1.165) is 12.8 Å². The molecule has 1 amide bonds. The van der Waals surface area contributed by atoms with Crippen LogP contribution in [0.2, 0.25) is 0 Å². The van der Waals surface area contributed by atoms with Gasteiger partial charge in [0.1, 0.15) is 5.41 Å². The summed E-state index contributed by atoms with van der Waals surface area (Å²) in [7, 11) is 0. The molecule has 1 aromatic rings. The van der Waals surface area contributed by atoms with Gasteiger partial charge in [-0.25, -0.2) is 0 Å². The smallest absolute Gasteiger partial charge is 0.233 e. The molecule has 0 radical (unpaired) electrons. The molecule has 0 aliphatic heterocycles. The van der Waals surface area contributed by atoms with Gasteiger partial charge in [0, 0.05) is 13.0 Å². The van der Waals surface area contributed by atoms with Gasteiger partial charge in [0.05, 0.1) is 0 Å². The molecule has 0 aromatic carbocycles. The molecule has 19 heavy (non-hydrogen) atoms. The topological polar surface area (TPSA) is 127 Å². The lowest BCUT2D eigenvalue weighted by Crippen LogP contribution is -2.48. The lowest BCUT2D eigenvalue weighted by Gasteiger charge is -2.25. The van der Waals surface area contributed by atoms with Crippen LogP contribution < -0.4 is 11.1 Å². The molecule has 0 saturated heterocycles. The first kappa shape index (κ1) is 13.3. The number of hydrogen-bond donors (Lipinski definition) is 3. The molecule has 104 valence electrons. The average molecular weight is 267 g/mol. The lowest BCUT2D eigenvalue weighted by atomic mass is 9.84. The van der Waals surface area contributed by atoms with Crippen LogP contribution in [0, 0.1) is 5.41 Å². The minimum Gasteiger partial charge on any atom is -0.409 e. The SMILES string of the molecule is NC(=NO)C1(C(=O)NCCc2ncno2)CCCC1. The largest absolute Gasteiger partial charge is 0.409 e. The monoisotopic (exact) mass is 267 g/mol. The lowest BCUT2D eigenvalue weighted by molar-refractivity contribution is -0.127. The van der Waals surface area contributed by atoms with Gasteiger partial charge in [0.25, 0.3) is 0 Å². The van der Waals surface area contributed by atoms with Gasteiger partial charge in [0.15, 0.2) is 12.2 Å². The van der Waals surface area contributed by atoms with Crippen molar-refractivity contribution in [2.24, 2.45) is 16.3 Å². The summed E-state index contributed by atoms with van der Waals surface area (Å²) in [6, 6.07) is 0. The molecular weight excluding hydrogens is 250 g/mol. The van der Waals surface area contributed by atoms with Gasteiger partial charge < -0.3 is 20.8 Å². The van der Waals surface area contributed by atoms with Gasteiger partial charge in [-0.15, -0.1) is 0 Å². The molecule has 1 fully saturated rings. The Kier molecular flexibility index (Phi) is 3.98. The highest BCUT2D eigenvalue weighted by atomic mass is 16.5. The van der Waals surface area contributed by atoms with Gasteiger partial charge in [-0.2, -0.15) is 4.98 Å². The van der Waals surface area contributed by atoms with E-state index in [4.69, 9.17) is 15.5 Å². The van der Waals surface area contributed by atoms with E-state index in [1.54, 1.807) is 0 Å². The quantitative estimate of drug-likeness (QED) is 0.299. The molecule has 1 aromatic heterocycles. The Morgan fingerprint density at radius 3 is 2.89 bits per heavy atom. The maximum atomic E-state index is 12.2. The number of carbonyl (C=O) groups is 1. The number of oxime groups is 1. The normalized spacial score (nSPS) is 18.4. The van der Waals surface area contributed by atoms with Crippen molar-refractivity contribution in [1.29, 1.82) is 0 Å². The second-order valence-electron chi connectivity index (χ2n) is 4.62. The molecule has 1 aliphatic carbocycles. The summed E-state index contributed by atoms with van der Waals surface area (Å²) in [6.45, 7) is 0.376. The third-order valence-electron chi connectivity index (χ3n) is 3.52. The highest BCUT2D eigenvalue weighted by molar-refractivity contribution is 6.07. The van der Waals surface area contributed by atoms with Crippen LogP contribution in [0.25, 0.3) is 0 Å². The summed E-state index contributed by atoms with van der Waals surface area (Å²) in [5, 5.41) is 18.1. The second-order valence-corrected chi connectivity index (χ2v) is 4.62. The number of hydrogen-bond acceptors (Lipinski definition) is 6. The number of rotatable bonds is 5. The number of amides is 1. The number of amidine groups is 1. The predicted molar refractivity (Wildman–Crippen MR) is 65.3 cm³/mol. The van der Waals surface area contributed by atoms with E-state index in [1.807, 2.05) is 0 Å². The zero-order chi connectivity index (χ0) is 13.7. The summed E-state index contributed by atoms with van der Waals surface area (Å²) in [6.07, 6.45) is 4.77.